The van der Waals surface area contributed by atoms with Gasteiger partial charge in [-0.25, -0.2) is 0 Å². The standard InChI is InChI=1S/C15H12N2O2/c1-19-14-6-5-12(15(17)18)8-13(14)11-4-2-3-10(7-11)9-16/h2-8H,1H3,(H2,17,18). The highest BCUT2D eigenvalue weighted by atomic mass is 16.5. The van der Waals surface area contributed by atoms with Crippen molar-refractivity contribution < 1.29 is 9.53 Å². The molecule has 2 aromatic rings. The minimum Gasteiger partial charge on any atom is -0.496 e. The molecule has 2 aromatic carbocycles. The van der Waals surface area contributed by atoms with Gasteiger partial charge < -0.3 is 10.5 Å². The molecule has 0 bridgehead atoms. The summed E-state index contributed by atoms with van der Waals surface area (Å²) in [6, 6.07) is 14.1. The predicted molar refractivity (Wildman–Crippen MR) is 71.7 cm³/mol. The van der Waals surface area contributed by atoms with Gasteiger partial charge in [-0.3, -0.25) is 4.79 Å². The summed E-state index contributed by atoms with van der Waals surface area (Å²) < 4.78 is 5.27. The first-order valence-electron chi connectivity index (χ1n) is 5.64. The smallest absolute Gasteiger partial charge is 0.248 e. The fourth-order valence-electron chi connectivity index (χ4n) is 1.84. The summed E-state index contributed by atoms with van der Waals surface area (Å²) in [5.41, 5.74) is 7.76. The van der Waals surface area contributed by atoms with E-state index in [2.05, 4.69) is 6.07 Å². The molecule has 0 saturated heterocycles. The molecule has 0 saturated carbocycles. The molecular formula is C15H12N2O2. The molecule has 0 aliphatic heterocycles. The number of carbonyl (C=O) groups excluding carboxylic acids is 1. The third kappa shape index (κ3) is 2.55. The van der Waals surface area contributed by atoms with E-state index in [9.17, 15) is 4.79 Å². The van der Waals surface area contributed by atoms with E-state index in [1.54, 1.807) is 43.5 Å². The highest BCUT2D eigenvalue weighted by Crippen LogP contribution is 2.31. The van der Waals surface area contributed by atoms with Crippen molar-refractivity contribution in [2.45, 2.75) is 0 Å². The zero-order valence-corrected chi connectivity index (χ0v) is 10.4. The van der Waals surface area contributed by atoms with Crippen LogP contribution in [0.1, 0.15) is 15.9 Å². The van der Waals surface area contributed by atoms with Gasteiger partial charge in [0.15, 0.2) is 0 Å². The SMILES string of the molecule is COc1ccc(C(N)=O)cc1-c1cccc(C#N)c1. The van der Waals surface area contributed by atoms with E-state index in [1.165, 1.54) is 0 Å². The minimum absolute atomic E-state index is 0.401. The number of benzene rings is 2. The van der Waals surface area contributed by atoms with E-state index in [0.29, 0.717) is 16.9 Å². The van der Waals surface area contributed by atoms with Crippen LogP contribution in [0.5, 0.6) is 5.75 Å². The summed E-state index contributed by atoms with van der Waals surface area (Å²) in [4.78, 5) is 11.2. The van der Waals surface area contributed by atoms with Crippen LogP contribution in [0.15, 0.2) is 42.5 Å². The highest BCUT2D eigenvalue weighted by Gasteiger charge is 2.10. The summed E-state index contributed by atoms with van der Waals surface area (Å²) in [5.74, 6) is 0.125. The van der Waals surface area contributed by atoms with Crippen LogP contribution >= 0.6 is 0 Å². The fourth-order valence-corrected chi connectivity index (χ4v) is 1.84. The molecular weight excluding hydrogens is 240 g/mol. The molecule has 19 heavy (non-hydrogen) atoms. The maximum Gasteiger partial charge on any atom is 0.248 e. The number of methoxy groups -OCH3 is 1. The van der Waals surface area contributed by atoms with Gasteiger partial charge in [-0.2, -0.15) is 5.26 Å². The Morgan fingerprint density at radius 2 is 2.05 bits per heavy atom. The highest BCUT2D eigenvalue weighted by molar-refractivity contribution is 5.94. The van der Waals surface area contributed by atoms with Crippen LogP contribution in [-0.2, 0) is 0 Å². The van der Waals surface area contributed by atoms with Gasteiger partial charge in [0.05, 0.1) is 18.7 Å². The van der Waals surface area contributed by atoms with Crippen LogP contribution in [0, 0.1) is 11.3 Å². The molecule has 0 radical (unpaired) electrons. The first-order chi connectivity index (χ1) is 9.15. The lowest BCUT2D eigenvalue weighted by Gasteiger charge is -2.10. The number of rotatable bonds is 3. The molecule has 1 amide bonds. The number of hydrogen-bond acceptors (Lipinski definition) is 3. The summed E-state index contributed by atoms with van der Waals surface area (Å²) in [6.07, 6.45) is 0. The lowest BCUT2D eigenvalue weighted by atomic mass is 10.00. The first kappa shape index (κ1) is 12.7. The lowest BCUT2D eigenvalue weighted by Crippen LogP contribution is -2.10. The minimum atomic E-state index is -0.500. The van der Waals surface area contributed by atoms with Crippen molar-refractivity contribution in [1.82, 2.24) is 0 Å². The van der Waals surface area contributed by atoms with Crippen LogP contribution in [-0.4, -0.2) is 13.0 Å². The van der Waals surface area contributed by atoms with Crippen LogP contribution in [0.25, 0.3) is 11.1 Å². The van der Waals surface area contributed by atoms with E-state index in [0.717, 1.165) is 11.1 Å². The molecule has 0 unspecified atom stereocenters. The predicted octanol–water partition coefficient (Wildman–Crippen LogP) is 2.33. The molecule has 0 atom stereocenters. The zero-order chi connectivity index (χ0) is 13.8. The van der Waals surface area contributed by atoms with Crippen molar-refractivity contribution in [2.75, 3.05) is 7.11 Å². The molecule has 94 valence electrons. The Morgan fingerprint density at radius 3 is 2.68 bits per heavy atom. The Kier molecular flexibility index (Phi) is 3.48. The Balaban J connectivity index is 2.61. The molecule has 4 nitrogen and oxygen atoms in total. The van der Waals surface area contributed by atoms with Crippen LogP contribution in [0.4, 0.5) is 0 Å². The van der Waals surface area contributed by atoms with Gasteiger partial charge in [0, 0.05) is 11.1 Å². The average molecular weight is 252 g/mol. The Morgan fingerprint density at radius 1 is 1.26 bits per heavy atom. The monoisotopic (exact) mass is 252 g/mol. The van der Waals surface area contributed by atoms with Crippen molar-refractivity contribution in [1.29, 1.82) is 5.26 Å². The topological polar surface area (TPSA) is 76.1 Å². The summed E-state index contributed by atoms with van der Waals surface area (Å²) in [7, 11) is 1.55. The number of ether oxygens (including phenoxy) is 1. The summed E-state index contributed by atoms with van der Waals surface area (Å²) in [5, 5.41) is 8.92. The normalized spacial score (nSPS) is 9.68. The van der Waals surface area contributed by atoms with E-state index < -0.39 is 5.91 Å². The number of carbonyl (C=O) groups is 1. The van der Waals surface area contributed by atoms with Gasteiger partial charge in [-0.1, -0.05) is 12.1 Å². The number of nitrogens with zero attached hydrogens (tertiary/aromatic N) is 1. The van der Waals surface area contributed by atoms with Crippen molar-refractivity contribution in [3.63, 3.8) is 0 Å². The van der Waals surface area contributed by atoms with Gasteiger partial charge in [0.2, 0.25) is 5.91 Å². The number of hydrogen-bond donors (Lipinski definition) is 1. The number of amides is 1. The second kappa shape index (κ2) is 5.23. The van der Waals surface area contributed by atoms with Crippen LogP contribution in [0.2, 0.25) is 0 Å². The van der Waals surface area contributed by atoms with Crippen LogP contribution < -0.4 is 10.5 Å². The molecule has 0 aliphatic rings. The summed E-state index contributed by atoms with van der Waals surface area (Å²) >= 11 is 0. The molecule has 0 aromatic heterocycles. The average Bonchev–Trinajstić information content (AvgIpc) is 2.46. The van der Waals surface area contributed by atoms with Gasteiger partial charge in [-0.15, -0.1) is 0 Å². The van der Waals surface area contributed by atoms with Crippen molar-refractivity contribution >= 4 is 5.91 Å². The van der Waals surface area contributed by atoms with Gasteiger partial charge >= 0.3 is 0 Å². The molecule has 0 fully saturated rings. The second-order valence-electron chi connectivity index (χ2n) is 3.97. The van der Waals surface area contributed by atoms with Gasteiger partial charge in [-0.05, 0) is 35.9 Å². The first-order valence-corrected chi connectivity index (χ1v) is 5.64. The zero-order valence-electron chi connectivity index (χ0n) is 10.4. The van der Waals surface area contributed by atoms with Crippen molar-refractivity contribution in [3.05, 3.63) is 53.6 Å². The molecule has 0 aliphatic carbocycles. The van der Waals surface area contributed by atoms with E-state index >= 15 is 0 Å². The van der Waals surface area contributed by atoms with Gasteiger partial charge in [0.25, 0.3) is 0 Å². The maximum atomic E-state index is 11.2. The second-order valence-corrected chi connectivity index (χ2v) is 3.97. The summed E-state index contributed by atoms with van der Waals surface area (Å²) in [6.45, 7) is 0. The molecule has 2 rings (SSSR count). The molecule has 0 heterocycles. The lowest BCUT2D eigenvalue weighted by molar-refractivity contribution is 0.100. The Hall–Kier alpha value is -2.80. The van der Waals surface area contributed by atoms with Crippen molar-refractivity contribution in [2.24, 2.45) is 5.73 Å². The van der Waals surface area contributed by atoms with Gasteiger partial charge in [0.1, 0.15) is 5.75 Å². The largest absolute Gasteiger partial charge is 0.496 e. The van der Waals surface area contributed by atoms with E-state index in [-0.39, 0.29) is 0 Å². The Labute approximate surface area is 111 Å². The van der Waals surface area contributed by atoms with Crippen LogP contribution in [0.3, 0.4) is 0 Å². The quantitative estimate of drug-likeness (QED) is 0.910. The molecule has 4 heteroatoms. The van der Waals surface area contributed by atoms with E-state index in [4.69, 9.17) is 15.7 Å². The molecule has 0 spiro atoms. The fraction of sp³-hybridized carbons (Fsp3) is 0.0667. The number of primary amides is 1. The number of nitriles is 1. The third-order valence-corrected chi connectivity index (χ3v) is 2.79. The molecule has 2 N–H and O–H groups in total. The Bertz CT molecular complexity index is 672. The van der Waals surface area contributed by atoms with E-state index in [1.807, 2.05) is 6.07 Å². The third-order valence-electron chi connectivity index (χ3n) is 2.79. The number of nitrogens with two attached hydrogens (primary N) is 1. The van der Waals surface area contributed by atoms with Crippen molar-refractivity contribution in [3.8, 4) is 22.9 Å². The maximum absolute atomic E-state index is 11.2.